The van der Waals surface area contributed by atoms with Gasteiger partial charge in [0.05, 0.1) is 17.6 Å². The fourth-order valence-electron chi connectivity index (χ4n) is 2.40. The molecule has 7 nitrogen and oxygen atoms in total. The summed E-state index contributed by atoms with van der Waals surface area (Å²) in [6.45, 7) is 6.26. The first kappa shape index (κ1) is 18.2. The Morgan fingerprint density at radius 1 is 1.46 bits per heavy atom. The summed E-state index contributed by atoms with van der Waals surface area (Å²) in [5.74, 6) is 0.748. The summed E-state index contributed by atoms with van der Waals surface area (Å²) in [5, 5.41) is 17.4. The number of hydrogen-bond acceptors (Lipinski definition) is 4. The molecule has 2 atom stereocenters. The predicted octanol–water partition coefficient (Wildman–Crippen LogP) is 2.61. The molecule has 1 heterocycles. The van der Waals surface area contributed by atoms with Crippen LogP contribution in [0.1, 0.15) is 38.7 Å². The predicted molar refractivity (Wildman–Crippen MR) is 94.1 cm³/mol. The van der Waals surface area contributed by atoms with Crippen molar-refractivity contribution in [2.45, 2.75) is 51.8 Å². The number of nitro groups is 1. The molecule has 0 bridgehead atoms. The van der Waals surface area contributed by atoms with Gasteiger partial charge in [-0.05, 0) is 31.7 Å². The van der Waals surface area contributed by atoms with Crippen LogP contribution in [0.25, 0.3) is 0 Å². The van der Waals surface area contributed by atoms with Crippen LogP contribution < -0.4 is 10.6 Å². The number of non-ortho nitro benzene ring substituents is 1. The van der Waals surface area contributed by atoms with E-state index in [-0.39, 0.29) is 11.8 Å². The Labute approximate surface area is 142 Å². The number of aliphatic imine (C=N–C) groups is 1. The normalized spacial score (nSPS) is 19.1. The van der Waals surface area contributed by atoms with Gasteiger partial charge < -0.3 is 15.4 Å². The lowest BCUT2D eigenvalue weighted by molar-refractivity contribution is -0.384. The van der Waals surface area contributed by atoms with Crippen molar-refractivity contribution in [2.75, 3.05) is 13.2 Å². The number of hydrogen-bond donors (Lipinski definition) is 2. The van der Waals surface area contributed by atoms with E-state index in [1.807, 2.05) is 0 Å². The number of nitrogens with zero attached hydrogens (tertiary/aromatic N) is 2. The minimum Gasteiger partial charge on any atom is -0.376 e. The Bertz CT molecular complexity index is 553. The highest BCUT2D eigenvalue weighted by molar-refractivity contribution is 5.80. The van der Waals surface area contributed by atoms with Crippen molar-refractivity contribution in [1.29, 1.82) is 0 Å². The monoisotopic (exact) mass is 334 g/mol. The summed E-state index contributed by atoms with van der Waals surface area (Å²) in [5.41, 5.74) is 1.03. The molecule has 1 aliphatic heterocycles. The number of guanidine groups is 1. The van der Waals surface area contributed by atoms with Gasteiger partial charge in [0.1, 0.15) is 0 Å². The van der Waals surface area contributed by atoms with Crippen molar-refractivity contribution in [3.63, 3.8) is 0 Å². The number of benzene rings is 1. The summed E-state index contributed by atoms with van der Waals surface area (Å²) in [6, 6.07) is 6.81. The van der Waals surface area contributed by atoms with Gasteiger partial charge >= 0.3 is 0 Å². The van der Waals surface area contributed by atoms with Crippen molar-refractivity contribution < 1.29 is 9.66 Å². The second-order valence-electron chi connectivity index (χ2n) is 6.06. The van der Waals surface area contributed by atoms with Gasteiger partial charge in [-0.1, -0.05) is 19.1 Å². The molecule has 7 heteroatoms. The van der Waals surface area contributed by atoms with Crippen molar-refractivity contribution in [1.82, 2.24) is 10.6 Å². The van der Waals surface area contributed by atoms with Gasteiger partial charge in [0, 0.05) is 31.3 Å². The zero-order valence-electron chi connectivity index (χ0n) is 14.3. The molecule has 1 fully saturated rings. The lowest BCUT2D eigenvalue weighted by Crippen LogP contribution is -2.44. The number of ether oxygens (including phenoxy) is 1. The van der Waals surface area contributed by atoms with Crippen LogP contribution in [0.2, 0.25) is 0 Å². The van der Waals surface area contributed by atoms with Gasteiger partial charge in [0.15, 0.2) is 5.96 Å². The lowest BCUT2D eigenvalue weighted by atomic mass is 10.2. The SMILES string of the molecule is CCC(C)NC(=NCc1ccc([N+](=O)[O-])cc1)NCC1CCCO1. The van der Waals surface area contributed by atoms with Gasteiger partial charge in [-0.3, -0.25) is 10.1 Å². The van der Waals surface area contributed by atoms with Gasteiger partial charge in [-0.15, -0.1) is 0 Å². The number of rotatable bonds is 7. The average Bonchev–Trinajstić information content (AvgIpc) is 3.11. The van der Waals surface area contributed by atoms with Gasteiger partial charge in [-0.2, -0.15) is 0 Å². The van der Waals surface area contributed by atoms with Crippen LogP contribution in [0.4, 0.5) is 5.69 Å². The highest BCUT2D eigenvalue weighted by atomic mass is 16.6. The fraction of sp³-hybridized carbons (Fsp3) is 0.588. The third-order valence-corrected chi connectivity index (χ3v) is 4.08. The summed E-state index contributed by atoms with van der Waals surface area (Å²) < 4.78 is 5.62. The first-order valence-corrected chi connectivity index (χ1v) is 8.48. The van der Waals surface area contributed by atoms with E-state index in [1.165, 1.54) is 12.1 Å². The van der Waals surface area contributed by atoms with E-state index < -0.39 is 4.92 Å². The van der Waals surface area contributed by atoms with Crippen LogP contribution in [0, 0.1) is 10.1 Å². The molecule has 2 rings (SSSR count). The Balaban J connectivity index is 1.95. The summed E-state index contributed by atoms with van der Waals surface area (Å²) in [6.07, 6.45) is 3.43. The third-order valence-electron chi connectivity index (χ3n) is 4.08. The first-order chi connectivity index (χ1) is 11.6. The Kier molecular flexibility index (Phi) is 6.99. The van der Waals surface area contributed by atoms with Crippen LogP contribution >= 0.6 is 0 Å². The molecule has 0 aliphatic carbocycles. The number of nitro benzene ring substituents is 1. The topological polar surface area (TPSA) is 88.8 Å². The minimum absolute atomic E-state index is 0.0946. The van der Waals surface area contributed by atoms with Crippen LogP contribution in [0.5, 0.6) is 0 Å². The maximum absolute atomic E-state index is 10.7. The zero-order valence-corrected chi connectivity index (χ0v) is 14.3. The van der Waals surface area contributed by atoms with E-state index in [2.05, 4.69) is 29.5 Å². The molecule has 2 N–H and O–H groups in total. The second-order valence-corrected chi connectivity index (χ2v) is 6.06. The van der Waals surface area contributed by atoms with Crippen molar-refractivity contribution in [3.05, 3.63) is 39.9 Å². The van der Waals surface area contributed by atoms with Crippen LogP contribution in [0.15, 0.2) is 29.3 Å². The first-order valence-electron chi connectivity index (χ1n) is 8.48. The van der Waals surface area contributed by atoms with E-state index in [1.54, 1.807) is 12.1 Å². The Hall–Kier alpha value is -2.15. The molecule has 0 radical (unpaired) electrons. The van der Waals surface area contributed by atoms with Crippen molar-refractivity contribution in [3.8, 4) is 0 Å². The molecule has 0 spiro atoms. The van der Waals surface area contributed by atoms with Crippen molar-refractivity contribution >= 4 is 11.6 Å². The molecule has 132 valence electrons. The fourth-order valence-corrected chi connectivity index (χ4v) is 2.40. The molecular formula is C17H26N4O3. The highest BCUT2D eigenvalue weighted by Gasteiger charge is 2.16. The molecular weight excluding hydrogens is 308 g/mol. The van der Waals surface area contributed by atoms with E-state index in [0.29, 0.717) is 12.6 Å². The maximum atomic E-state index is 10.7. The summed E-state index contributed by atoms with van der Waals surface area (Å²) >= 11 is 0. The largest absolute Gasteiger partial charge is 0.376 e. The second kappa shape index (κ2) is 9.22. The van der Waals surface area contributed by atoms with Crippen LogP contribution in [-0.4, -0.2) is 36.2 Å². The van der Waals surface area contributed by atoms with Crippen LogP contribution in [-0.2, 0) is 11.3 Å². The summed E-state index contributed by atoms with van der Waals surface area (Å²) in [7, 11) is 0. The average molecular weight is 334 g/mol. The van der Waals surface area contributed by atoms with E-state index in [9.17, 15) is 10.1 Å². The standard InChI is InChI=1S/C17H26N4O3/c1-3-13(2)20-17(19-12-16-5-4-10-24-16)18-11-14-6-8-15(9-7-14)21(22)23/h6-9,13,16H,3-5,10-12H2,1-2H3,(H2,18,19,20). The molecule has 24 heavy (non-hydrogen) atoms. The Morgan fingerprint density at radius 3 is 2.79 bits per heavy atom. The zero-order chi connectivity index (χ0) is 17.4. The number of nitrogens with one attached hydrogen (secondary N) is 2. The third kappa shape index (κ3) is 5.81. The van der Waals surface area contributed by atoms with E-state index >= 15 is 0 Å². The minimum atomic E-state index is -0.397. The molecule has 0 saturated carbocycles. The molecule has 2 unspecified atom stereocenters. The maximum Gasteiger partial charge on any atom is 0.269 e. The van der Waals surface area contributed by atoms with E-state index in [4.69, 9.17) is 4.74 Å². The quantitative estimate of drug-likeness (QED) is 0.346. The molecule has 1 saturated heterocycles. The van der Waals surface area contributed by atoms with Gasteiger partial charge in [-0.25, -0.2) is 4.99 Å². The molecule has 1 aromatic rings. The molecule has 0 aromatic heterocycles. The van der Waals surface area contributed by atoms with Gasteiger partial charge in [0.25, 0.3) is 5.69 Å². The summed E-state index contributed by atoms with van der Waals surface area (Å²) in [4.78, 5) is 14.9. The smallest absolute Gasteiger partial charge is 0.269 e. The molecule has 1 aliphatic rings. The van der Waals surface area contributed by atoms with Crippen molar-refractivity contribution in [2.24, 2.45) is 4.99 Å². The molecule has 1 aromatic carbocycles. The lowest BCUT2D eigenvalue weighted by Gasteiger charge is -2.19. The van der Waals surface area contributed by atoms with Gasteiger partial charge in [0.2, 0.25) is 0 Å². The van der Waals surface area contributed by atoms with E-state index in [0.717, 1.165) is 43.9 Å². The van der Waals surface area contributed by atoms with Crippen LogP contribution in [0.3, 0.4) is 0 Å². The Morgan fingerprint density at radius 2 is 2.21 bits per heavy atom. The highest BCUT2D eigenvalue weighted by Crippen LogP contribution is 2.13. The molecule has 0 amide bonds.